The van der Waals surface area contributed by atoms with Gasteiger partial charge in [0.15, 0.2) is 0 Å². The SMILES string of the molecule is CN(C)C(=O)CN1CCN(C(=O)c2ccc(Br)nc2)CC1. The number of carbonyl (C=O) groups is 2. The Morgan fingerprint density at radius 2 is 1.90 bits per heavy atom. The van der Waals surface area contributed by atoms with Gasteiger partial charge in [0, 0.05) is 46.5 Å². The molecule has 6 nitrogen and oxygen atoms in total. The Morgan fingerprint density at radius 1 is 1.24 bits per heavy atom. The van der Waals surface area contributed by atoms with Gasteiger partial charge in [-0.25, -0.2) is 4.98 Å². The summed E-state index contributed by atoms with van der Waals surface area (Å²) in [6.07, 6.45) is 1.58. The van der Waals surface area contributed by atoms with Gasteiger partial charge >= 0.3 is 0 Å². The minimum absolute atomic E-state index is 0.00594. The predicted molar refractivity (Wildman–Crippen MR) is 83.0 cm³/mol. The Morgan fingerprint density at radius 3 is 2.43 bits per heavy atom. The number of aromatic nitrogens is 1. The van der Waals surface area contributed by atoms with E-state index in [-0.39, 0.29) is 11.8 Å². The highest BCUT2D eigenvalue weighted by Gasteiger charge is 2.23. The first kappa shape index (κ1) is 15.9. The van der Waals surface area contributed by atoms with Crippen molar-refractivity contribution in [2.75, 3.05) is 46.8 Å². The van der Waals surface area contributed by atoms with Crippen molar-refractivity contribution >= 4 is 27.7 Å². The van der Waals surface area contributed by atoms with Gasteiger partial charge in [0.25, 0.3) is 5.91 Å². The van der Waals surface area contributed by atoms with Crippen molar-refractivity contribution in [1.29, 1.82) is 0 Å². The number of carbonyl (C=O) groups excluding carboxylic acids is 2. The molecule has 1 aromatic rings. The molecular weight excluding hydrogens is 336 g/mol. The van der Waals surface area contributed by atoms with Crippen molar-refractivity contribution in [2.45, 2.75) is 0 Å². The maximum absolute atomic E-state index is 12.3. The molecule has 114 valence electrons. The van der Waals surface area contributed by atoms with Crippen LogP contribution in [0.15, 0.2) is 22.9 Å². The molecule has 1 aromatic heterocycles. The third kappa shape index (κ3) is 4.25. The van der Waals surface area contributed by atoms with Gasteiger partial charge in [-0.2, -0.15) is 0 Å². The van der Waals surface area contributed by atoms with Crippen molar-refractivity contribution in [3.05, 3.63) is 28.5 Å². The van der Waals surface area contributed by atoms with E-state index in [4.69, 9.17) is 0 Å². The Labute approximate surface area is 132 Å². The highest BCUT2D eigenvalue weighted by atomic mass is 79.9. The summed E-state index contributed by atoms with van der Waals surface area (Å²) in [4.78, 5) is 33.5. The van der Waals surface area contributed by atoms with Crippen LogP contribution in [0.5, 0.6) is 0 Å². The highest BCUT2D eigenvalue weighted by Crippen LogP contribution is 2.11. The number of hydrogen-bond acceptors (Lipinski definition) is 4. The van der Waals surface area contributed by atoms with Crippen LogP contribution in [-0.4, -0.2) is 78.3 Å². The maximum Gasteiger partial charge on any atom is 0.255 e. The summed E-state index contributed by atoms with van der Waals surface area (Å²) in [5.74, 6) is 0.0838. The molecule has 2 rings (SSSR count). The largest absolute Gasteiger partial charge is 0.348 e. The maximum atomic E-state index is 12.3. The molecule has 1 saturated heterocycles. The first-order valence-electron chi connectivity index (χ1n) is 6.80. The zero-order valence-corrected chi connectivity index (χ0v) is 13.8. The molecule has 0 radical (unpaired) electrons. The normalized spacial score (nSPS) is 15.9. The lowest BCUT2D eigenvalue weighted by Gasteiger charge is -2.34. The second-order valence-electron chi connectivity index (χ2n) is 5.23. The molecular formula is C14H19BrN4O2. The van der Waals surface area contributed by atoms with Crippen LogP contribution in [0.4, 0.5) is 0 Å². The zero-order chi connectivity index (χ0) is 15.4. The molecule has 0 atom stereocenters. The van der Waals surface area contributed by atoms with Gasteiger partial charge in [-0.1, -0.05) is 0 Å². The van der Waals surface area contributed by atoms with E-state index < -0.39 is 0 Å². The van der Waals surface area contributed by atoms with Crippen LogP contribution < -0.4 is 0 Å². The Bertz CT molecular complexity index is 510. The molecule has 2 amide bonds. The minimum atomic E-state index is -0.00594. The minimum Gasteiger partial charge on any atom is -0.348 e. The molecule has 0 N–H and O–H groups in total. The van der Waals surface area contributed by atoms with Gasteiger partial charge in [-0.3, -0.25) is 14.5 Å². The number of hydrogen-bond donors (Lipinski definition) is 0. The molecule has 1 fully saturated rings. The lowest BCUT2D eigenvalue weighted by atomic mass is 10.2. The second-order valence-corrected chi connectivity index (χ2v) is 6.04. The van der Waals surface area contributed by atoms with E-state index in [1.54, 1.807) is 37.3 Å². The zero-order valence-electron chi connectivity index (χ0n) is 12.3. The summed E-state index contributed by atoms with van der Waals surface area (Å²) in [6.45, 7) is 3.12. The van der Waals surface area contributed by atoms with E-state index >= 15 is 0 Å². The highest BCUT2D eigenvalue weighted by molar-refractivity contribution is 9.10. The number of pyridine rings is 1. The van der Waals surface area contributed by atoms with Gasteiger partial charge in [-0.05, 0) is 28.1 Å². The third-order valence-corrected chi connectivity index (χ3v) is 3.96. The topological polar surface area (TPSA) is 56.8 Å². The summed E-state index contributed by atoms with van der Waals surface area (Å²) in [6, 6.07) is 3.53. The van der Waals surface area contributed by atoms with Crippen LogP contribution in [0.2, 0.25) is 0 Å². The lowest BCUT2D eigenvalue weighted by molar-refractivity contribution is -0.130. The van der Waals surface area contributed by atoms with Crippen LogP contribution in [0.3, 0.4) is 0 Å². The summed E-state index contributed by atoms with van der Waals surface area (Å²) in [7, 11) is 3.51. The number of likely N-dealkylation sites (N-methyl/N-ethyl adjacent to an activating group) is 1. The van der Waals surface area contributed by atoms with Crippen molar-refractivity contribution < 1.29 is 9.59 Å². The van der Waals surface area contributed by atoms with Crippen LogP contribution in [-0.2, 0) is 4.79 Å². The van der Waals surface area contributed by atoms with Gasteiger partial charge in [0.05, 0.1) is 12.1 Å². The average molecular weight is 355 g/mol. The fourth-order valence-electron chi connectivity index (χ4n) is 2.13. The van der Waals surface area contributed by atoms with Crippen LogP contribution in [0.1, 0.15) is 10.4 Å². The van der Waals surface area contributed by atoms with E-state index in [0.717, 1.165) is 13.1 Å². The smallest absolute Gasteiger partial charge is 0.255 e. The predicted octanol–water partition coefficient (Wildman–Crippen LogP) is 0.690. The molecule has 0 aromatic carbocycles. The molecule has 0 spiro atoms. The molecule has 1 aliphatic rings. The van der Waals surface area contributed by atoms with Gasteiger partial charge < -0.3 is 9.80 Å². The number of amides is 2. The van der Waals surface area contributed by atoms with Crippen molar-refractivity contribution in [2.24, 2.45) is 0 Å². The summed E-state index contributed by atoms with van der Waals surface area (Å²) >= 11 is 3.25. The molecule has 0 bridgehead atoms. The summed E-state index contributed by atoms with van der Waals surface area (Å²) in [5.41, 5.74) is 0.594. The van der Waals surface area contributed by atoms with Gasteiger partial charge in [-0.15, -0.1) is 0 Å². The molecule has 7 heteroatoms. The molecule has 0 aliphatic carbocycles. The quantitative estimate of drug-likeness (QED) is 0.749. The molecule has 0 unspecified atom stereocenters. The average Bonchev–Trinajstić information content (AvgIpc) is 2.48. The van der Waals surface area contributed by atoms with Crippen molar-refractivity contribution in [1.82, 2.24) is 19.7 Å². The lowest BCUT2D eigenvalue weighted by Crippen LogP contribution is -2.51. The number of rotatable bonds is 3. The Balaban J connectivity index is 1.87. The van der Waals surface area contributed by atoms with Gasteiger partial charge in [0.2, 0.25) is 5.91 Å². The number of nitrogens with zero attached hydrogens (tertiary/aromatic N) is 4. The fraction of sp³-hybridized carbons (Fsp3) is 0.500. The first-order valence-corrected chi connectivity index (χ1v) is 7.60. The number of piperazine rings is 1. The summed E-state index contributed by atoms with van der Waals surface area (Å²) in [5, 5.41) is 0. The van der Waals surface area contributed by atoms with Gasteiger partial charge in [0.1, 0.15) is 4.60 Å². The molecule has 2 heterocycles. The van der Waals surface area contributed by atoms with Crippen molar-refractivity contribution in [3.8, 4) is 0 Å². The molecule has 1 aliphatic heterocycles. The van der Waals surface area contributed by atoms with E-state index in [2.05, 4.69) is 25.8 Å². The fourth-order valence-corrected chi connectivity index (χ4v) is 2.36. The standard InChI is InChI=1S/C14H19BrN4O2/c1-17(2)13(20)10-18-5-7-19(8-6-18)14(21)11-3-4-12(15)16-9-11/h3-4,9H,5-8,10H2,1-2H3. The second kappa shape index (κ2) is 7.00. The van der Waals surface area contributed by atoms with E-state index in [9.17, 15) is 9.59 Å². The first-order chi connectivity index (χ1) is 9.97. The van der Waals surface area contributed by atoms with E-state index in [0.29, 0.717) is 29.8 Å². The van der Waals surface area contributed by atoms with E-state index in [1.807, 2.05) is 4.90 Å². The van der Waals surface area contributed by atoms with Crippen molar-refractivity contribution in [3.63, 3.8) is 0 Å². The van der Waals surface area contributed by atoms with E-state index in [1.165, 1.54) is 0 Å². The summed E-state index contributed by atoms with van der Waals surface area (Å²) < 4.78 is 0.714. The molecule has 21 heavy (non-hydrogen) atoms. The Hall–Kier alpha value is -1.47. The van der Waals surface area contributed by atoms with Crippen LogP contribution in [0.25, 0.3) is 0 Å². The monoisotopic (exact) mass is 354 g/mol. The number of halogens is 1. The van der Waals surface area contributed by atoms with Crippen LogP contribution in [0, 0.1) is 0 Å². The molecule has 0 saturated carbocycles. The Kier molecular flexibility index (Phi) is 5.30. The van der Waals surface area contributed by atoms with Crippen LogP contribution >= 0.6 is 15.9 Å². The third-order valence-electron chi connectivity index (χ3n) is 3.49.